The van der Waals surface area contributed by atoms with E-state index in [0.29, 0.717) is 44.8 Å². The van der Waals surface area contributed by atoms with Crippen LogP contribution in [0.15, 0.2) is 24.3 Å². The van der Waals surface area contributed by atoms with Crippen molar-refractivity contribution in [2.45, 2.75) is 77.0 Å². The lowest BCUT2D eigenvalue weighted by molar-refractivity contribution is -0.126. The van der Waals surface area contributed by atoms with Crippen LogP contribution in [0.2, 0.25) is 0 Å². The van der Waals surface area contributed by atoms with Gasteiger partial charge in [-0.25, -0.2) is 13.1 Å². The van der Waals surface area contributed by atoms with Crippen LogP contribution in [0.1, 0.15) is 71.8 Å². The molecule has 1 aliphatic carbocycles. The van der Waals surface area contributed by atoms with Gasteiger partial charge in [-0.15, -0.1) is 0 Å². The Morgan fingerprint density at radius 3 is 2.41 bits per heavy atom. The van der Waals surface area contributed by atoms with Crippen LogP contribution in [0, 0.1) is 5.92 Å². The van der Waals surface area contributed by atoms with E-state index in [2.05, 4.69) is 30.0 Å². The molecule has 0 unspecified atom stereocenters. The van der Waals surface area contributed by atoms with Gasteiger partial charge in [-0.3, -0.25) is 4.79 Å². The maximum Gasteiger partial charge on any atom is 0.223 e. The molecule has 0 radical (unpaired) electrons. The predicted octanol–water partition coefficient (Wildman–Crippen LogP) is 3.58. The molecule has 0 aromatic heterocycles. The minimum atomic E-state index is -3.35. The van der Waals surface area contributed by atoms with Crippen molar-refractivity contribution in [1.82, 2.24) is 10.0 Å². The van der Waals surface area contributed by atoms with E-state index in [1.54, 1.807) is 20.8 Å². The Kier molecular flexibility index (Phi) is 8.11. The zero-order chi connectivity index (χ0) is 21.7. The number of hydrogen-bond donors (Lipinski definition) is 2. The normalized spacial score (nSPS) is 20.5. The van der Waals surface area contributed by atoms with Crippen molar-refractivity contribution >= 4 is 15.9 Å². The number of rotatable bonds is 8. The van der Waals surface area contributed by atoms with E-state index in [1.165, 1.54) is 5.56 Å². The van der Waals surface area contributed by atoms with Crippen LogP contribution in [0.25, 0.3) is 0 Å². The summed E-state index contributed by atoms with van der Waals surface area (Å²) < 4.78 is 32.3. The second-order valence-electron chi connectivity index (χ2n) is 9.15. The summed E-state index contributed by atoms with van der Waals surface area (Å²) in [6, 6.07) is 7.94. The second kappa shape index (κ2) is 9.94. The minimum absolute atomic E-state index is 0.0293. The molecule has 6 nitrogen and oxygen atoms in total. The van der Waals surface area contributed by atoms with Gasteiger partial charge in [0.15, 0.2) is 0 Å². The third kappa shape index (κ3) is 7.00. The summed E-state index contributed by atoms with van der Waals surface area (Å²) in [7, 11) is -3.35. The average molecular weight is 425 g/mol. The number of nitrogens with one attached hydrogen (secondary N) is 2. The zero-order valence-electron chi connectivity index (χ0n) is 18.3. The van der Waals surface area contributed by atoms with Crippen LogP contribution in [0.4, 0.5) is 0 Å². The number of sulfonamides is 1. The number of ether oxygens (including phenoxy) is 1. The van der Waals surface area contributed by atoms with Gasteiger partial charge in [-0.05, 0) is 70.1 Å². The fourth-order valence-corrected chi connectivity index (χ4v) is 4.35. The SMILES string of the molecule is CC(C)c1cccc(OCCNC(=O)C2CCC(NS(=O)(=O)C(C)(C)C)CC2)c1. The van der Waals surface area contributed by atoms with Gasteiger partial charge in [0.2, 0.25) is 15.9 Å². The Hall–Kier alpha value is -1.60. The Bertz CT molecular complexity index is 776. The zero-order valence-corrected chi connectivity index (χ0v) is 19.1. The molecule has 0 saturated heterocycles. The first-order chi connectivity index (χ1) is 13.5. The maximum atomic E-state index is 12.4. The Morgan fingerprint density at radius 2 is 1.83 bits per heavy atom. The molecule has 2 N–H and O–H groups in total. The lowest BCUT2D eigenvalue weighted by Crippen LogP contribution is -2.46. The summed E-state index contributed by atoms with van der Waals surface area (Å²) in [5.41, 5.74) is 1.23. The smallest absolute Gasteiger partial charge is 0.223 e. The maximum absolute atomic E-state index is 12.4. The summed E-state index contributed by atoms with van der Waals surface area (Å²) in [6.07, 6.45) is 2.76. The van der Waals surface area contributed by atoms with E-state index in [-0.39, 0.29) is 17.9 Å². The van der Waals surface area contributed by atoms with E-state index in [9.17, 15) is 13.2 Å². The van der Waals surface area contributed by atoms with Gasteiger partial charge in [0.25, 0.3) is 0 Å². The summed E-state index contributed by atoms with van der Waals surface area (Å²) in [4.78, 5) is 12.4. The third-order valence-electron chi connectivity index (χ3n) is 5.42. The summed E-state index contributed by atoms with van der Waals surface area (Å²) in [6.45, 7) is 10.2. The van der Waals surface area contributed by atoms with Crippen LogP contribution >= 0.6 is 0 Å². The standard InChI is InChI=1S/C22H36N2O4S/c1-16(2)18-7-6-8-20(15-18)28-14-13-23-21(25)17-9-11-19(12-10-17)24-29(26,27)22(3,4)5/h6-8,15-17,19,24H,9-14H2,1-5H3,(H,23,25). The highest BCUT2D eigenvalue weighted by Crippen LogP contribution is 2.26. The fraction of sp³-hybridized carbons (Fsp3) is 0.682. The van der Waals surface area contributed by atoms with Crippen LogP contribution in [0.3, 0.4) is 0 Å². The minimum Gasteiger partial charge on any atom is -0.492 e. The Balaban J connectivity index is 1.70. The predicted molar refractivity (Wildman–Crippen MR) is 117 cm³/mol. The highest BCUT2D eigenvalue weighted by molar-refractivity contribution is 7.90. The number of benzene rings is 1. The van der Waals surface area contributed by atoms with Gasteiger partial charge in [-0.2, -0.15) is 0 Å². The molecule has 2 rings (SSSR count). The van der Waals surface area contributed by atoms with E-state index < -0.39 is 14.8 Å². The van der Waals surface area contributed by atoms with Crippen molar-refractivity contribution in [3.8, 4) is 5.75 Å². The summed E-state index contributed by atoms with van der Waals surface area (Å²) >= 11 is 0. The van der Waals surface area contributed by atoms with Crippen molar-refractivity contribution < 1.29 is 17.9 Å². The van der Waals surface area contributed by atoms with E-state index in [1.807, 2.05) is 18.2 Å². The lowest BCUT2D eigenvalue weighted by atomic mass is 9.86. The number of hydrogen-bond acceptors (Lipinski definition) is 4. The lowest BCUT2D eigenvalue weighted by Gasteiger charge is -2.30. The molecule has 1 aromatic carbocycles. The van der Waals surface area contributed by atoms with Crippen LogP contribution in [0.5, 0.6) is 5.75 Å². The molecule has 0 bridgehead atoms. The molecular weight excluding hydrogens is 388 g/mol. The topological polar surface area (TPSA) is 84.5 Å². The average Bonchev–Trinajstić information content (AvgIpc) is 2.64. The molecule has 29 heavy (non-hydrogen) atoms. The van der Waals surface area contributed by atoms with Gasteiger partial charge < -0.3 is 10.1 Å². The molecule has 0 heterocycles. The second-order valence-corrected chi connectivity index (χ2v) is 11.6. The largest absolute Gasteiger partial charge is 0.492 e. The van der Waals surface area contributed by atoms with Crippen molar-refractivity contribution in [3.05, 3.63) is 29.8 Å². The molecular formula is C22H36N2O4S. The van der Waals surface area contributed by atoms with Gasteiger partial charge in [-0.1, -0.05) is 26.0 Å². The summed E-state index contributed by atoms with van der Waals surface area (Å²) in [5.74, 6) is 1.23. The quantitative estimate of drug-likeness (QED) is 0.625. The van der Waals surface area contributed by atoms with Crippen LogP contribution < -0.4 is 14.8 Å². The van der Waals surface area contributed by atoms with E-state index >= 15 is 0 Å². The van der Waals surface area contributed by atoms with Crippen molar-refractivity contribution in [2.75, 3.05) is 13.2 Å². The number of carbonyl (C=O) groups excluding carboxylic acids is 1. The van der Waals surface area contributed by atoms with Gasteiger partial charge >= 0.3 is 0 Å². The molecule has 0 spiro atoms. The van der Waals surface area contributed by atoms with Crippen molar-refractivity contribution in [2.24, 2.45) is 5.92 Å². The van der Waals surface area contributed by atoms with E-state index in [4.69, 9.17) is 4.74 Å². The molecule has 1 aliphatic rings. The Labute approximate surface area is 175 Å². The van der Waals surface area contributed by atoms with Crippen LogP contribution in [-0.2, 0) is 14.8 Å². The molecule has 0 atom stereocenters. The third-order valence-corrected chi connectivity index (χ3v) is 7.68. The highest BCUT2D eigenvalue weighted by atomic mass is 32.2. The molecule has 1 amide bonds. The van der Waals surface area contributed by atoms with Crippen molar-refractivity contribution in [1.29, 1.82) is 0 Å². The highest BCUT2D eigenvalue weighted by Gasteiger charge is 2.33. The monoisotopic (exact) mass is 424 g/mol. The van der Waals surface area contributed by atoms with Gasteiger partial charge in [0.05, 0.1) is 11.3 Å². The van der Waals surface area contributed by atoms with Gasteiger partial charge in [0, 0.05) is 12.0 Å². The molecule has 1 aromatic rings. The Morgan fingerprint density at radius 1 is 1.17 bits per heavy atom. The fourth-order valence-electron chi connectivity index (χ4n) is 3.32. The molecule has 1 saturated carbocycles. The van der Waals surface area contributed by atoms with E-state index in [0.717, 1.165) is 5.75 Å². The molecule has 164 valence electrons. The summed E-state index contributed by atoms with van der Waals surface area (Å²) in [5, 5.41) is 2.94. The molecule has 7 heteroatoms. The molecule has 1 fully saturated rings. The van der Waals surface area contributed by atoms with Gasteiger partial charge in [0.1, 0.15) is 12.4 Å². The first-order valence-corrected chi connectivity index (χ1v) is 12.0. The first-order valence-electron chi connectivity index (χ1n) is 10.5. The van der Waals surface area contributed by atoms with Crippen molar-refractivity contribution in [3.63, 3.8) is 0 Å². The number of carbonyl (C=O) groups is 1. The first kappa shape index (κ1) is 23.7. The molecule has 0 aliphatic heterocycles. The number of amides is 1. The van der Waals surface area contributed by atoms with Crippen LogP contribution in [-0.4, -0.2) is 38.3 Å².